The maximum Gasteiger partial charge on any atom is 0.127 e. The van der Waals surface area contributed by atoms with Gasteiger partial charge in [0, 0.05) is 7.05 Å². The summed E-state index contributed by atoms with van der Waals surface area (Å²) in [6.45, 7) is 2.81. The Morgan fingerprint density at radius 3 is 2.33 bits per heavy atom. The van der Waals surface area contributed by atoms with Crippen molar-refractivity contribution in [1.29, 1.82) is 0 Å². The predicted octanol–water partition coefficient (Wildman–Crippen LogP) is 2.79. The van der Waals surface area contributed by atoms with Crippen molar-refractivity contribution < 1.29 is 9.47 Å². The minimum atomic E-state index is -0.166. The second kappa shape index (κ2) is 6.83. The third kappa shape index (κ3) is 2.99. The van der Waals surface area contributed by atoms with Gasteiger partial charge in [-0.1, -0.05) is 24.6 Å². The van der Waals surface area contributed by atoms with Gasteiger partial charge in [-0.05, 0) is 18.7 Å². The van der Waals surface area contributed by atoms with Gasteiger partial charge in [-0.3, -0.25) is 4.68 Å². The smallest absolute Gasteiger partial charge is 0.127 e. The van der Waals surface area contributed by atoms with Gasteiger partial charge in [-0.25, -0.2) is 0 Å². The first-order valence-electron chi connectivity index (χ1n) is 6.75. The summed E-state index contributed by atoms with van der Waals surface area (Å²) >= 11 is 6.31. The number of hydrogen-bond acceptors (Lipinski definition) is 4. The molecule has 1 unspecified atom stereocenters. The molecule has 0 saturated heterocycles. The molecule has 1 heterocycles. The van der Waals surface area contributed by atoms with E-state index in [9.17, 15) is 0 Å². The van der Waals surface area contributed by atoms with E-state index in [1.165, 1.54) is 0 Å². The third-order valence-electron chi connectivity index (χ3n) is 3.37. The molecule has 0 fully saturated rings. The zero-order valence-electron chi connectivity index (χ0n) is 12.7. The average Bonchev–Trinajstić information content (AvgIpc) is 2.83. The van der Waals surface area contributed by atoms with Crippen LogP contribution >= 0.6 is 11.6 Å². The molecule has 0 spiro atoms. The van der Waals surface area contributed by atoms with E-state index < -0.39 is 0 Å². The monoisotopic (exact) mass is 309 g/mol. The summed E-state index contributed by atoms with van der Waals surface area (Å²) in [6.07, 6.45) is 1.64. The van der Waals surface area contributed by atoms with Crippen molar-refractivity contribution in [3.8, 4) is 11.5 Å². The van der Waals surface area contributed by atoms with Crippen LogP contribution in [0.25, 0.3) is 0 Å². The summed E-state index contributed by atoms with van der Waals surface area (Å²) < 4.78 is 12.8. The maximum absolute atomic E-state index is 6.31. The van der Waals surface area contributed by atoms with E-state index in [0.29, 0.717) is 5.02 Å². The standard InChI is InChI=1S/C15H20ClN3O2/c1-5-17-14(15-10(16)9-18-19(15)2)13-11(20-3)7-6-8-12(13)21-4/h6-9,14,17H,5H2,1-4H3. The highest BCUT2D eigenvalue weighted by Gasteiger charge is 2.26. The average molecular weight is 310 g/mol. The molecule has 0 amide bonds. The van der Waals surface area contributed by atoms with E-state index in [1.807, 2.05) is 32.2 Å². The van der Waals surface area contributed by atoms with Crippen LogP contribution in [-0.2, 0) is 7.05 Å². The van der Waals surface area contributed by atoms with Crippen molar-refractivity contribution in [3.63, 3.8) is 0 Å². The Kier molecular flexibility index (Phi) is 5.09. The van der Waals surface area contributed by atoms with Gasteiger partial charge in [-0.15, -0.1) is 0 Å². The van der Waals surface area contributed by atoms with E-state index >= 15 is 0 Å². The number of nitrogens with zero attached hydrogens (tertiary/aromatic N) is 2. The van der Waals surface area contributed by atoms with Crippen LogP contribution in [0.4, 0.5) is 0 Å². The molecule has 0 aliphatic rings. The van der Waals surface area contributed by atoms with Crippen LogP contribution < -0.4 is 14.8 Å². The van der Waals surface area contributed by atoms with Crippen molar-refractivity contribution in [2.24, 2.45) is 7.05 Å². The van der Waals surface area contributed by atoms with E-state index in [1.54, 1.807) is 25.1 Å². The second-order valence-corrected chi connectivity index (χ2v) is 4.98. The molecule has 21 heavy (non-hydrogen) atoms. The summed E-state index contributed by atoms with van der Waals surface area (Å²) in [5.41, 5.74) is 1.79. The van der Waals surface area contributed by atoms with Crippen molar-refractivity contribution in [2.45, 2.75) is 13.0 Å². The molecule has 0 aliphatic heterocycles. The number of rotatable bonds is 6. The maximum atomic E-state index is 6.31. The van der Waals surface area contributed by atoms with Gasteiger partial charge in [0.2, 0.25) is 0 Å². The molecule has 0 aliphatic carbocycles. The van der Waals surface area contributed by atoms with Gasteiger partial charge in [0.15, 0.2) is 0 Å². The van der Waals surface area contributed by atoms with Crippen LogP contribution in [0.3, 0.4) is 0 Å². The molecule has 5 nitrogen and oxygen atoms in total. The van der Waals surface area contributed by atoms with Crippen molar-refractivity contribution in [1.82, 2.24) is 15.1 Å². The lowest BCUT2D eigenvalue weighted by molar-refractivity contribution is 0.375. The lowest BCUT2D eigenvalue weighted by Crippen LogP contribution is -2.25. The fraction of sp³-hybridized carbons (Fsp3) is 0.400. The number of benzene rings is 1. The molecule has 0 saturated carbocycles. The van der Waals surface area contributed by atoms with Gasteiger partial charge < -0.3 is 14.8 Å². The van der Waals surface area contributed by atoms with E-state index in [0.717, 1.165) is 29.3 Å². The number of hydrogen-bond donors (Lipinski definition) is 1. The molecule has 2 rings (SSSR count). The van der Waals surface area contributed by atoms with Crippen LogP contribution in [0, 0.1) is 0 Å². The van der Waals surface area contributed by atoms with Gasteiger partial charge in [-0.2, -0.15) is 5.10 Å². The van der Waals surface area contributed by atoms with Gasteiger partial charge in [0.05, 0.1) is 42.7 Å². The third-order valence-corrected chi connectivity index (χ3v) is 3.67. The molecule has 2 aromatic rings. The van der Waals surface area contributed by atoms with Gasteiger partial charge in [0.1, 0.15) is 11.5 Å². The molecule has 1 aromatic carbocycles. The number of methoxy groups -OCH3 is 2. The molecular weight excluding hydrogens is 290 g/mol. The predicted molar refractivity (Wildman–Crippen MR) is 83.3 cm³/mol. The SMILES string of the molecule is CCNC(c1c(OC)cccc1OC)c1c(Cl)cnn1C. The Balaban J connectivity index is 2.63. The summed E-state index contributed by atoms with van der Waals surface area (Å²) in [7, 11) is 5.16. The molecule has 1 aromatic heterocycles. The Morgan fingerprint density at radius 2 is 1.90 bits per heavy atom. The summed E-state index contributed by atoms with van der Waals surface area (Å²) in [5.74, 6) is 1.50. The van der Waals surface area contributed by atoms with Crippen molar-refractivity contribution in [3.05, 3.63) is 40.7 Å². The first-order chi connectivity index (χ1) is 10.1. The zero-order chi connectivity index (χ0) is 15.4. The molecule has 114 valence electrons. The van der Waals surface area contributed by atoms with Crippen LogP contribution in [0.5, 0.6) is 11.5 Å². The Hall–Kier alpha value is -1.72. The summed E-state index contributed by atoms with van der Waals surface area (Å²) in [6, 6.07) is 5.55. The normalized spacial score (nSPS) is 12.2. The van der Waals surface area contributed by atoms with Crippen molar-refractivity contribution in [2.75, 3.05) is 20.8 Å². The first-order valence-corrected chi connectivity index (χ1v) is 7.13. The minimum Gasteiger partial charge on any atom is -0.496 e. The molecule has 1 atom stereocenters. The van der Waals surface area contributed by atoms with E-state index in [4.69, 9.17) is 21.1 Å². The highest BCUT2D eigenvalue weighted by atomic mass is 35.5. The number of aryl methyl sites for hydroxylation is 1. The van der Waals surface area contributed by atoms with Crippen LogP contribution in [0.15, 0.2) is 24.4 Å². The zero-order valence-corrected chi connectivity index (χ0v) is 13.4. The van der Waals surface area contributed by atoms with Crippen LogP contribution in [0.2, 0.25) is 5.02 Å². The molecule has 0 radical (unpaired) electrons. The topological polar surface area (TPSA) is 48.3 Å². The lowest BCUT2D eigenvalue weighted by atomic mass is 10.0. The van der Waals surface area contributed by atoms with Crippen molar-refractivity contribution >= 4 is 11.6 Å². The lowest BCUT2D eigenvalue weighted by Gasteiger charge is -2.23. The molecule has 0 bridgehead atoms. The number of nitrogens with one attached hydrogen (secondary N) is 1. The van der Waals surface area contributed by atoms with Gasteiger partial charge in [0.25, 0.3) is 0 Å². The number of halogens is 1. The molecular formula is C15H20ClN3O2. The summed E-state index contributed by atoms with van der Waals surface area (Å²) in [5, 5.41) is 8.25. The van der Waals surface area contributed by atoms with Crippen LogP contribution in [0.1, 0.15) is 24.2 Å². The van der Waals surface area contributed by atoms with Gasteiger partial charge >= 0.3 is 0 Å². The first kappa shape index (κ1) is 15.7. The minimum absolute atomic E-state index is 0.166. The second-order valence-electron chi connectivity index (χ2n) is 4.57. The fourth-order valence-corrected chi connectivity index (χ4v) is 2.72. The molecule has 6 heteroatoms. The number of ether oxygens (including phenoxy) is 2. The highest BCUT2D eigenvalue weighted by Crippen LogP contribution is 2.39. The summed E-state index contributed by atoms with van der Waals surface area (Å²) in [4.78, 5) is 0. The van der Waals surface area contributed by atoms with E-state index in [2.05, 4.69) is 10.4 Å². The Bertz CT molecular complexity index is 571. The van der Waals surface area contributed by atoms with Crippen LogP contribution in [-0.4, -0.2) is 30.5 Å². The van der Waals surface area contributed by atoms with E-state index in [-0.39, 0.29) is 6.04 Å². The Labute approximate surface area is 129 Å². The number of aromatic nitrogens is 2. The quantitative estimate of drug-likeness (QED) is 0.891. The molecule has 1 N–H and O–H groups in total. The highest BCUT2D eigenvalue weighted by molar-refractivity contribution is 6.31. The Morgan fingerprint density at radius 1 is 1.29 bits per heavy atom. The largest absolute Gasteiger partial charge is 0.496 e. The fourth-order valence-electron chi connectivity index (χ4n) is 2.45.